The molecule has 3 aliphatic carbocycles. The molecule has 1 unspecified atom stereocenters. The Labute approximate surface area is 190 Å². The number of anilines is 2. The van der Waals surface area contributed by atoms with Gasteiger partial charge in [-0.25, -0.2) is 4.98 Å². The van der Waals surface area contributed by atoms with Gasteiger partial charge in [0.25, 0.3) is 0 Å². The lowest BCUT2D eigenvalue weighted by Gasteiger charge is -2.41. The van der Waals surface area contributed by atoms with E-state index in [9.17, 15) is 9.59 Å². The average Bonchev–Trinajstić information content (AvgIpc) is 3.49. The molecule has 6 rings (SSSR count). The van der Waals surface area contributed by atoms with Crippen molar-refractivity contribution in [3.8, 4) is 0 Å². The first-order valence-corrected chi connectivity index (χ1v) is 12.5. The van der Waals surface area contributed by atoms with Gasteiger partial charge in [-0.15, -0.1) is 0 Å². The highest BCUT2D eigenvalue weighted by molar-refractivity contribution is 6.14. The Morgan fingerprint density at radius 1 is 1.12 bits per heavy atom. The van der Waals surface area contributed by atoms with E-state index in [1.807, 2.05) is 11.1 Å². The lowest BCUT2D eigenvalue weighted by Crippen LogP contribution is -2.56. The van der Waals surface area contributed by atoms with E-state index in [2.05, 4.69) is 31.4 Å². The molecular formula is C25H35N5O2. The number of nitrogens with one attached hydrogen (secondary N) is 2. The lowest BCUT2D eigenvalue weighted by molar-refractivity contribution is -0.140. The minimum absolute atomic E-state index is 0.0513. The molecule has 5 aliphatic rings. The van der Waals surface area contributed by atoms with E-state index >= 15 is 0 Å². The summed E-state index contributed by atoms with van der Waals surface area (Å²) in [7, 11) is 0. The molecule has 172 valence electrons. The van der Waals surface area contributed by atoms with Gasteiger partial charge < -0.3 is 10.6 Å². The maximum atomic E-state index is 13.8. The van der Waals surface area contributed by atoms with Crippen molar-refractivity contribution in [1.82, 2.24) is 15.3 Å². The summed E-state index contributed by atoms with van der Waals surface area (Å²) in [5.41, 5.74) is 0.492. The predicted octanol–water partition coefficient (Wildman–Crippen LogP) is 3.44. The van der Waals surface area contributed by atoms with Gasteiger partial charge in [-0.2, -0.15) is 4.98 Å². The Hall–Kier alpha value is -2.18. The fraction of sp³-hybridized carbons (Fsp3) is 0.760. The molecule has 0 aromatic carbocycles. The predicted molar refractivity (Wildman–Crippen MR) is 122 cm³/mol. The third-order valence-corrected chi connectivity index (χ3v) is 10.2. The molecule has 1 saturated heterocycles. The largest absolute Gasteiger partial charge is 0.355 e. The first kappa shape index (κ1) is 20.4. The molecule has 2 N–H and O–H groups in total. The molecule has 7 nitrogen and oxygen atoms in total. The first-order valence-electron chi connectivity index (χ1n) is 12.5. The molecule has 3 saturated carbocycles. The number of fused-ring (bicyclic) bond motifs is 3. The van der Waals surface area contributed by atoms with E-state index < -0.39 is 5.41 Å². The maximum absolute atomic E-state index is 13.8. The summed E-state index contributed by atoms with van der Waals surface area (Å²) in [6.45, 7) is 7.79. The van der Waals surface area contributed by atoms with E-state index in [-0.39, 0.29) is 23.3 Å². The van der Waals surface area contributed by atoms with Gasteiger partial charge in [0, 0.05) is 36.8 Å². The molecule has 32 heavy (non-hydrogen) atoms. The highest BCUT2D eigenvalue weighted by Gasteiger charge is 2.61. The van der Waals surface area contributed by atoms with Gasteiger partial charge >= 0.3 is 0 Å². The second-order valence-corrected chi connectivity index (χ2v) is 11.7. The quantitative estimate of drug-likeness (QED) is 0.708. The molecule has 1 spiro atoms. The summed E-state index contributed by atoms with van der Waals surface area (Å²) < 4.78 is 0. The molecule has 4 fully saturated rings. The first-order chi connectivity index (χ1) is 15.3. The summed E-state index contributed by atoms with van der Waals surface area (Å²) in [5.74, 6) is 1.92. The molecule has 1 aromatic heterocycles. The molecule has 4 atom stereocenters. The Balaban J connectivity index is 1.36. The Kier molecular flexibility index (Phi) is 4.26. The fourth-order valence-corrected chi connectivity index (χ4v) is 7.65. The van der Waals surface area contributed by atoms with Gasteiger partial charge in [0.05, 0.1) is 0 Å². The number of amides is 2. The third-order valence-electron chi connectivity index (χ3n) is 10.2. The summed E-state index contributed by atoms with van der Waals surface area (Å²) in [5, 5.41) is 6.57. The van der Waals surface area contributed by atoms with Crippen LogP contribution in [0.1, 0.15) is 77.7 Å². The minimum Gasteiger partial charge on any atom is -0.355 e. The van der Waals surface area contributed by atoms with Gasteiger partial charge in [-0.3, -0.25) is 14.5 Å². The normalized spacial score (nSPS) is 37.9. The van der Waals surface area contributed by atoms with Gasteiger partial charge in [-0.1, -0.05) is 33.6 Å². The summed E-state index contributed by atoms with van der Waals surface area (Å²) in [4.78, 5) is 38.1. The maximum Gasteiger partial charge on any atom is 0.244 e. The monoisotopic (exact) mass is 437 g/mol. The standard InChI is InChI=1S/C25H35N5O2/c1-23(2)16-8-9-24(23,3)18(12-16)28-22-27-14-15-13-25(10-11-26-20(25)31)21(32)30(19(15)29-22)17-6-4-5-7-17/h14,16-18H,4-13H2,1-3H3,(H,26,31)(H,27,28,29)/t16-,18-,24?,25-/m1/s1. The number of hydrogen-bond donors (Lipinski definition) is 2. The number of nitrogens with zero attached hydrogens (tertiary/aromatic N) is 3. The molecule has 2 amide bonds. The second kappa shape index (κ2) is 6.67. The summed E-state index contributed by atoms with van der Waals surface area (Å²) in [6.07, 6.45) is 10.7. The van der Waals surface area contributed by atoms with Crippen molar-refractivity contribution in [1.29, 1.82) is 0 Å². The van der Waals surface area contributed by atoms with Crippen LogP contribution in [0.5, 0.6) is 0 Å². The zero-order valence-electron chi connectivity index (χ0n) is 19.5. The van der Waals surface area contributed by atoms with Crippen LogP contribution >= 0.6 is 0 Å². The Bertz CT molecular complexity index is 987. The topological polar surface area (TPSA) is 87.2 Å². The van der Waals surface area contributed by atoms with Crippen molar-refractivity contribution in [3.05, 3.63) is 11.8 Å². The van der Waals surface area contributed by atoms with Crippen molar-refractivity contribution in [2.24, 2.45) is 22.2 Å². The van der Waals surface area contributed by atoms with Crippen LogP contribution < -0.4 is 15.5 Å². The molecule has 2 aliphatic heterocycles. The number of hydrogen-bond acceptors (Lipinski definition) is 5. The van der Waals surface area contributed by atoms with Gasteiger partial charge in [0.1, 0.15) is 11.2 Å². The number of aromatic nitrogens is 2. The summed E-state index contributed by atoms with van der Waals surface area (Å²) >= 11 is 0. The third kappa shape index (κ3) is 2.54. The highest BCUT2D eigenvalue weighted by Crippen LogP contribution is 2.65. The van der Waals surface area contributed by atoms with E-state index in [0.29, 0.717) is 36.8 Å². The van der Waals surface area contributed by atoms with E-state index in [1.54, 1.807) is 0 Å². The van der Waals surface area contributed by atoms with Crippen LogP contribution in [0.3, 0.4) is 0 Å². The molecular weight excluding hydrogens is 402 g/mol. The van der Waals surface area contributed by atoms with E-state index in [1.165, 1.54) is 12.8 Å². The van der Waals surface area contributed by atoms with Crippen molar-refractivity contribution < 1.29 is 9.59 Å². The zero-order chi connectivity index (χ0) is 22.3. The smallest absolute Gasteiger partial charge is 0.244 e. The minimum atomic E-state index is -0.976. The molecule has 1 aromatic rings. The van der Waals surface area contributed by atoms with Crippen molar-refractivity contribution >= 4 is 23.6 Å². The van der Waals surface area contributed by atoms with E-state index in [0.717, 1.165) is 49.4 Å². The molecule has 2 bridgehead atoms. The van der Waals surface area contributed by atoms with Crippen LogP contribution in [0.15, 0.2) is 6.20 Å². The Morgan fingerprint density at radius 2 is 1.91 bits per heavy atom. The number of carbonyl (C=O) groups is 2. The van der Waals surface area contributed by atoms with Crippen LogP contribution in [-0.2, 0) is 16.0 Å². The molecule has 7 heteroatoms. The van der Waals surface area contributed by atoms with Gasteiger partial charge in [0.2, 0.25) is 17.8 Å². The summed E-state index contributed by atoms with van der Waals surface area (Å²) in [6, 6.07) is 0.481. The fourth-order valence-electron chi connectivity index (χ4n) is 7.65. The average molecular weight is 438 g/mol. The number of carbonyl (C=O) groups excluding carboxylic acids is 2. The van der Waals surface area contributed by atoms with Crippen molar-refractivity contribution in [2.45, 2.75) is 90.6 Å². The zero-order valence-corrected chi connectivity index (χ0v) is 19.5. The Morgan fingerprint density at radius 3 is 2.53 bits per heavy atom. The van der Waals surface area contributed by atoms with Crippen LogP contribution in [0.2, 0.25) is 0 Å². The van der Waals surface area contributed by atoms with Gasteiger partial charge in [-0.05, 0) is 55.3 Å². The van der Waals surface area contributed by atoms with Crippen LogP contribution in [-0.4, -0.2) is 40.4 Å². The molecule has 0 radical (unpaired) electrons. The lowest BCUT2D eigenvalue weighted by atomic mass is 9.69. The SMILES string of the molecule is CC1(C)[C@@H]2CCC1(C)[C@H](Nc1ncc3c(n1)N(C1CCCC1)C(=O)[C@]1(CCNC1=O)C3)C2. The van der Waals surface area contributed by atoms with Gasteiger partial charge in [0.15, 0.2) is 0 Å². The highest BCUT2D eigenvalue weighted by atomic mass is 16.2. The van der Waals surface area contributed by atoms with Crippen molar-refractivity contribution in [3.63, 3.8) is 0 Å². The van der Waals surface area contributed by atoms with Crippen molar-refractivity contribution in [2.75, 3.05) is 16.8 Å². The number of rotatable bonds is 3. The van der Waals surface area contributed by atoms with Crippen LogP contribution in [0.25, 0.3) is 0 Å². The van der Waals surface area contributed by atoms with Crippen LogP contribution in [0, 0.1) is 22.2 Å². The second-order valence-electron chi connectivity index (χ2n) is 11.7. The van der Waals surface area contributed by atoms with E-state index in [4.69, 9.17) is 9.97 Å². The molecule has 3 heterocycles. The van der Waals surface area contributed by atoms with Crippen LogP contribution in [0.4, 0.5) is 11.8 Å².